The van der Waals surface area contributed by atoms with Crippen molar-refractivity contribution in [1.29, 1.82) is 0 Å². The van der Waals surface area contributed by atoms with E-state index in [0.29, 0.717) is 0 Å². The molecule has 5 heteroatoms. The minimum Gasteiger partial charge on any atom is -0.370 e. The lowest BCUT2D eigenvalue weighted by Crippen LogP contribution is -2.45. The number of rotatable bonds is 5. The van der Waals surface area contributed by atoms with Crippen LogP contribution in [0, 0.1) is 6.92 Å². The monoisotopic (exact) mass is 263 g/mol. The van der Waals surface area contributed by atoms with Crippen molar-refractivity contribution in [3.8, 4) is 0 Å². The fourth-order valence-electron chi connectivity index (χ4n) is 2.18. The fourth-order valence-corrected chi connectivity index (χ4v) is 2.18. The molecule has 1 fully saturated rings. The molecule has 1 aliphatic heterocycles. The SMILES string of the molecule is CCCCNc1cc(C)nc(N2CCN(C)CC2)n1. The molecule has 1 aromatic rings. The normalized spacial score (nSPS) is 16.7. The van der Waals surface area contributed by atoms with Crippen LogP contribution in [0.2, 0.25) is 0 Å². The highest BCUT2D eigenvalue weighted by Crippen LogP contribution is 2.15. The highest BCUT2D eigenvalue weighted by molar-refractivity contribution is 5.43. The lowest BCUT2D eigenvalue weighted by molar-refractivity contribution is 0.311. The van der Waals surface area contributed by atoms with E-state index in [0.717, 1.165) is 50.2 Å². The van der Waals surface area contributed by atoms with Crippen LogP contribution in [-0.2, 0) is 0 Å². The first kappa shape index (κ1) is 14.1. The van der Waals surface area contributed by atoms with Crippen LogP contribution in [0.3, 0.4) is 0 Å². The van der Waals surface area contributed by atoms with E-state index in [1.807, 2.05) is 13.0 Å². The van der Waals surface area contributed by atoms with Crippen molar-refractivity contribution in [2.75, 3.05) is 50.0 Å². The summed E-state index contributed by atoms with van der Waals surface area (Å²) in [5.41, 5.74) is 1.03. The van der Waals surface area contributed by atoms with Gasteiger partial charge in [-0.15, -0.1) is 0 Å². The average molecular weight is 263 g/mol. The summed E-state index contributed by atoms with van der Waals surface area (Å²) in [7, 11) is 2.16. The molecule has 0 amide bonds. The molecule has 0 aliphatic carbocycles. The number of anilines is 2. The van der Waals surface area contributed by atoms with Gasteiger partial charge in [0.05, 0.1) is 0 Å². The molecule has 2 heterocycles. The first-order valence-corrected chi connectivity index (χ1v) is 7.22. The Bertz CT molecular complexity index is 399. The summed E-state index contributed by atoms with van der Waals surface area (Å²) in [6.45, 7) is 9.39. The Hall–Kier alpha value is -1.36. The maximum Gasteiger partial charge on any atom is 0.227 e. The van der Waals surface area contributed by atoms with Gasteiger partial charge in [0.2, 0.25) is 5.95 Å². The third kappa shape index (κ3) is 4.06. The van der Waals surface area contributed by atoms with Crippen LogP contribution < -0.4 is 10.2 Å². The molecule has 106 valence electrons. The van der Waals surface area contributed by atoms with Gasteiger partial charge in [-0.05, 0) is 20.4 Å². The number of nitrogens with zero attached hydrogens (tertiary/aromatic N) is 4. The molecule has 2 rings (SSSR count). The van der Waals surface area contributed by atoms with Crippen LogP contribution in [-0.4, -0.2) is 54.6 Å². The van der Waals surface area contributed by atoms with Gasteiger partial charge in [-0.1, -0.05) is 13.3 Å². The summed E-state index contributed by atoms with van der Waals surface area (Å²) in [5, 5.41) is 3.39. The van der Waals surface area contributed by atoms with Crippen LogP contribution in [0.25, 0.3) is 0 Å². The predicted octanol–water partition coefficient (Wildman–Crippen LogP) is 1.75. The third-order valence-corrected chi connectivity index (χ3v) is 3.46. The Kier molecular flexibility index (Phi) is 4.96. The molecule has 0 bridgehead atoms. The number of aryl methyl sites for hydroxylation is 1. The second-order valence-corrected chi connectivity index (χ2v) is 5.27. The number of hydrogen-bond acceptors (Lipinski definition) is 5. The topological polar surface area (TPSA) is 44.3 Å². The summed E-state index contributed by atoms with van der Waals surface area (Å²) >= 11 is 0. The number of aromatic nitrogens is 2. The molecular formula is C14H25N5. The molecule has 0 radical (unpaired) electrons. The average Bonchev–Trinajstić information content (AvgIpc) is 2.39. The third-order valence-electron chi connectivity index (χ3n) is 3.46. The maximum atomic E-state index is 4.64. The number of nitrogens with one attached hydrogen (secondary N) is 1. The fraction of sp³-hybridized carbons (Fsp3) is 0.714. The summed E-state index contributed by atoms with van der Waals surface area (Å²) in [6, 6.07) is 2.02. The zero-order valence-corrected chi connectivity index (χ0v) is 12.3. The molecule has 1 saturated heterocycles. The number of hydrogen-bond donors (Lipinski definition) is 1. The largest absolute Gasteiger partial charge is 0.370 e. The van der Waals surface area contributed by atoms with Gasteiger partial charge in [-0.25, -0.2) is 4.98 Å². The smallest absolute Gasteiger partial charge is 0.227 e. The Morgan fingerprint density at radius 2 is 1.95 bits per heavy atom. The quantitative estimate of drug-likeness (QED) is 0.820. The lowest BCUT2D eigenvalue weighted by atomic mass is 10.3. The van der Waals surface area contributed by atoms with Gasteiger partial charge in [-0.2, -0.15) is 4.98 Å². The maximum absolute atomic E-state index is 4.64. The minimum atomic E-state index is 0.868. The van der Waals surface area contributed by atoms with E-state index in [9.17, 15) is 0 Å². The van der Waals surface area contributed by atoms with E-state index in [1.165, 1.54) is 12.8 Å². The van der Waals surface area contributed by atoms with Crippen LogP contribution in [0.15, 0.2) is 6.07 Å². The van der Waals surface area contributed by atoms with Crippen molar-refractivity contribution >= 4 is 11.8 Å². The number of piperazine rings is 1. The highest BCUT2D eigenvalue weighted by atomic mass is 15.3. The molecular weight excluding hydrogens is 238 g/mol. The first-order valence-electron chi connectivity index (χ1n) is 7.22. The van der Waals surface area contributed by atoms with Gasteiger partial charge in [0.15, 0.2) is 0 Å². The zero-order valence-electron chi connectivity index (χ0n) is 12.3. The zero-order chi connectivity index (χ0) is 13.7. The molecule has 0 saturated carbocycles. The van der Waals surface area contributed by atoms with E-state index in [2.05, 4.69) is 39.1 Å². The van der Waals surface area contributed by atoms with E-state index in [-0.39, 0.29) is 0 Å². The van der Waals surface area contributed by atoms with Crippen molar-refractivity contribution in [3.63, 3.8) is 0 Å². The molecule has 1 aromatic heterocycles. The standard InChI is InChI=1S/C14H25N5/c1-4-5-6-15-13-11-12(2)16-14(17-13)19-9-7-18(3)8-10-19/h11H,4-10H2,1-3H3,(H,15,16,17). The highest BCUT2D eigenvalue weighted by Gasteiger charge is 2.17. The minimum absolute atomic E-state index is 0.868. The lowest BCUT2D eigenvalue weighted by Gasteiger charge is -2.32. The molecule has 0 atom stereocenters. The molecule has 0 unspecified atom stereocenters. The van der Waals surface area contributed by atoms with E-state index in [4.69, 9.17) is 0 Å². The van der Waals surface area contributed by atoms with Gasteiger partial charge >= 0.3 is 0 Å². The van der Waals surface area contributed by atoms with E-state index < -0.39 is 0 Å². The Labute approximate surface area is 116 Å². The van der Waals surface area contributed by atoms with Gasteiger partial charge in [0.25, 0.3) is 0 Å². The summed E-state index contributed by atoms with van der Waals surface area (Å²) in [6.07, 6.45) is 2.37. The Morgan fingerprint density at radius 3 is 2.63 bits per heavy atom. The summed E-state index contributed by atoms with van der Waals surface area (Å²) in [4.78, 5) is 13.8. The van der Waals surface area contributed by atoms with Gasteiger partial charge in [0.1, 0.15) is 5.82 Å². The second kappa shape index (κ2) is 6.70. The van der Waals surface area contributed by atoms with E-state index in [1.54, 1.807) is 0 Å². The summed E-state index contributed by atoms with van der Waals surface area (Å²) < 4.78 is 0. The van der Waals surface area contributed by atoms with Crippen molar-refractivity contribution in [2.45, 2.75) is 26.7 Å². The first-order chi connectivity index (χ1) is 9.19. The van der Waals surface area contributed by atoms with Crippen LogP contribution in [0.4, 0.5) is 11.8 Å². The molecule has 1 N–H and O–H groups in total. The van der Waals surface area contributed by atoms with Crippen molar-refractivity contribution in [2.24, 2.45) is 0 Å². The Morgan fingerprint density at radius 1 is 1.21 bits per heavy atom. The summed E-state index contributed by atoms with van der Waals surface area (Å²) in [5.74, 6) is 1.82. The molecule has 1 aliphatic rings. The van der Waals surface area contributed by atoms with Crippen LogP contribution in [0.5, 0.6) is 0 Å². The molecule has 0 spiro atoms. The van der Waals surface area contributed by atoms with Crippen LogP contribution >= 0.6 is 0 Å². The van der Waals surface area contributed by atoms with Crippen LogP contribution in [0.1, 0.15) is 25.5 Å². The van der Waals surface area contributed by atoms with E-state index >= 15 is 0 Å². The van der Waals surface area contributed by atoms with Crippen molar-refractivity contribution in [1.82, 2.24) is 14.9 Å². The molecule has 5 nitrogen and oxygen atoms in total. The van der Waals surface area contributed by atoms with Crippen molar-refractivity contribution < 1.29 is 0 Å². The Balaban J connectivity index is 2.03. The van der Waals surface area contributed by atoms with Gasteiger partial charge in [0, 0.05) is 44.5 Å². The number of unbranched alkanes of at least 4 members (excludes halogenated alkanes) is 1. The van der Waals surface area contributed by atoms with Crippen molar-refractivity contribution in [3.05, 3.63) is 11.8 Å². The predicted molar refractivity (Wildman–Crippen MR) is 79.9 cm³/mol. The van der Waals surface area contributed by atoms with Gasteiger partial charge in [-0.3, -0.25) is 0 Å². The number of likely N-dealkylation sites (N-methyl/N-ethyl adjacent to an activating group) is 1. The molecule has 19 heavy (non-hydrogen) atoms. The second-order valence-electron chi connectivity index (χ2n) is 5.27. The van der Waals surface area contributed by atoms with Gasteiger partial charge < -0.3 is 15.1 Å². The molecule has 0 aromatic carbocycles.